The summed E-state index contributed by atoms with van der Waals surface area (Å²) in [7, 11) is 0. The van der Waals surface area contributed by atoms with Gasteiger partial charge in [0.25, 0.3) is 5.91 Å². The molecule has 0 unspecified atom stereocenters. The molecule has 1 fully saturated rings. The van der Waals surface area contributed by atoms with Crippen molar-refractivity contribution in [2.75, 3.05) is 19.6 Å². The number of aromatic nitrogens is 3. The molecule has 1 N–H and O–H groups in total. The van der Waals surface area contributed by atoms with Crippen molar-refractivity contribution in [1.82, 2.24) is 25.2 Å². The molecule has 6 nitrogen and oxygen atoms in total. The van der Waals surface area contributed by atoms with Crippen LogP contribution in [-0.2, 0) is 0 Å². The minimum atomic E-state index is -0.0372. The highest BCUT2D eigenvalue weighted by Crippen LogP contribution is 2.16. The van der Waals surface area contributed by atoms with Crippen molar-refractivity contribution in [3.05, 3.63) is 41.2 Å². The van der Waals surface area contributed by atoms with E-state index in [1.165, 1.54) is 5.56 Å². The van der Waals surface area contributed by atoms with Crippen molar-refractivity contribution in [1.29, 1.82) is 0 Å². The Kier molecular flexibility index (Phi) is 3.94. The number of hydrogen-bond donors (Lipinski definition) is 1. The molecule has 1 amide bonds. The van der Waals surface area contributed by atoms with Crippen LogP contribution < -0.4 is 5.32 Å². The minimum Gasteiger partial charge on any atom is -0.332 e. The maximum Gasteiger partial charge on any atom is 0.276 e. The predicted octanol–water partition coefficient (Wildman–Crippen LogP) is 1.32. The van der Waals surface area contributed by atoms with Crippen molar-refractivity contribution >= 4 is 5.91 Å². The smallest absolute Gasteiger partial charge is 0.276 e. The lowest BCUT2D eigenvalue weighted by molar-refractivity contribution is 0.0649. The third kappa shape index (κ3) is 2.62. The molecule has 116 valence electrons. The minimum absolute atomic E-state index is 0.0372. The van der Waals surface area contributed by atoms with Gasteiger partial charge in [-0.05, 0) is 32.9 Å². The maximum atomic E-state index is 12.7. The molecule has 0 spiro atoms. The van der Waals surface area contributed by atoms with Gasteiger partial charge in [-0.3, -0.25) is 4.79 Å². The summed E-state index contributed by atoms with van der Waals surface area (Å²) in [6.45, 7) is 8.32. The molecule has 0 saturated carbocycles. The number of amides is 1. The monoisotopic (exact) mass is 299 g/mol. The Bertz CT molecular complexity index is 676. The number of piperazine rings is 1. The average molecular weight is 299 g/mol. The Morgan fingerprint density at radius 1 is 1.27 bits per heavy atom. The lowest BCUT2D eigenvalue weighted by atomic mass is 10.2. The van der Waals surface area contributed by atoms with Gasteiger partial charge in [0, 0.05) is 25.7 Å². The number of aryl methyl sites for hydroxylation is 1. The Labute approximate surface area is 130 Å². The van der Waals surface area contributed by atoms with E-state index in [1.807, 2.05) is 49.9 Å². The lowest BCUT2D eigenvalue weighted by Crippen LogP contribution is -2.52. The SMILES string of the molecule is Cc1ccc(-n2nnc(C(=O)N3CCNC[C@@H]3C)c2C)cc1. The van der Waals surface area contributed by atoms with E-state index in [4.69, 9.17) is 0 Å². The Morgan fingerprint density at radius 2 is 2.00 bits per heavy atom. The van der Waals surface area contributed by atoms with Crippen LogP contribution in [0.25, 0.3) is 5.69 Å². The number of carbonyl (C=O) groups excluding carboxylic acids is 1. The molecule has 1 aliphatic heterocycles. The molecular weight excluding hydrogens is 278 g/mol. The molecular formula is C16H21N5O. The van der Waals surface area contributed by atoms with E-state index in [2.05, 4.69) is 15.6 Å². The van der Waals surface area contributed by atoms with Crippen LogP contribution in [0.5, 0.6) is 0 Å². The van der Waals surface area contributed by atoms with Crippen molar-refractivity contribution < 1.29 is 4.79 Å². The summed E-state index contributed by atoms with van der Waals surface area (Å²) < 4.78 is 1.72. The van der Waals surface area contributed by atoms with E-state index in [1.54, 1.807) is 4.68 Å². The van der Waals surface area contributed by atoms with Gasteiger partial charge in [-0.1, -0.05) is 22.9 Å². The van der Waals surface area contributed by atoms with Gasteiger partial charge >= 0.3 is 0 Å². The van der Waals surface area contributed by atoms with Crippen molar-refractivity contribution in [3.63, 3.8) is 0 Å². The number of carbonyl (C=O) groups is 1. The van der Waals surface area contributed by atoms with E-state index in [9.17, 15) is 4.79 Å². The fourth-order valence-corrected chi connectivity index (χ4v) is 2.74. The van der Waals surface area contributed by atoms with Gasteiger partial charge in [-0.15, -0.1) is 5.10 Å². The zero-order chi connectivity index (χ0) is 15.7. The molecule has 1 aromatic carbocycles. The van der Waals surface area contributed by atoms with Crippen molar-refractivity contribution in [2.45, 2.75) is 26.8 Å². The van der Waals surface area contributed by atoms with Crippen LogP contribution in [0.2, 0.25) is 0 Å². The quantitative estimate of drug-likeness (QED) is 0.908. The predicted molar refractivity (Wildman–Crippen MR) is 84.2 cm³/mol. The maximum absolute atomic E-state index is 12.7. The first kappa shape index (κ1) is 14.7. The fraction of sp³-hybridized carbons (Fsp3) is 0.438. The van der Waals surface area contributed by atoms with E-state index in [0.29, 0.717) is 12.2 Å². The average Bonchev–Trinajstić information content (AvgIpc) is 2.90. The molecule has 1 atom stereocenters. The first-order valence-corrected chi connectivity index (χ1v) is 7.59. The number of nitrogens with one attached hydrogen (secondary N) is 1. The molecule has 22 heavy (non-hydrogen) atoms. The molecule has 2 aromatic rings. The third-order valence-corrected chi connectivity index (χ3v) is 4.14. The summed E-state index contributed by atoms with van der Waals surface area (Å²) in [6, 6.07) is 8.19. The Hall–Kier alpha value is -2.21. The second-order valence-corrected chi connectivity index (χ2v) is 5.82. The topological polar surface area (TPSA) is 63.1 Å². The molecule has 1 aliphatic rings. The highest BCUT2D eigenvalue weighted by atomic mass is 16.2. The summed E-state index contributed by atoms with van der Waals surface area (Å²) in [5.41, 5.74) is 3.32. The zero-order valence-electron chi connectivity index (χ0n) is 13.2. The van der Waals surface area contributed by atoms with Crippen LogP contribution >= 0.6 is 0 Å². The highest BCUT2D eigenvalue weighted by Gasteiger charge is 2.28. The first-order valence-electron chi connectivity index (χ1n) is 7.59. The summed E-state index contributed by atoms with van der Waals surface area (Å²) in [5, 5.41) is 11.6. The van der Waals surface area contributed by atoms with Gasteiger partial charge in [-0.2, -0.15) is 0 Å². The normalized spacial score (nSPS) is 18.5. The summed E-state index contributed by atoms with van der Waals surface area (Å²) in [6.07, 6.45) is 0. The number of rotatable bonds is 2. The Balaban J connectivity index is 1.89. The molecule has 0 radical (unpaired) electrons. The van der Waals surface area contributed by atoms with Crippen molar-refractivity contribution in [2.24, 2.45) is 0 Å². The van der Waals surface area contributed by atoms with E-state index in [-0.39, 0.29) is 11.9 Å². The summed E-state index contributed by atoms with van der Waals surface area (Å²) in [4.78, 5) is 14.6. The zero-order valence-corrected chi connectivity index (χ0v) is 13.2. The van der Waals surface area contributed by atoms with Gasteiger partial charge in [0.05, 0.1) is 11.4 Å². The molecule has 1 aromatic heterocycles. The van der Waals surface area contributed by atoms with Crippen LogP contribution in [0.3, 0.4) is 0 Å². The van der Waals surface area contributed by atoms with Gasteiger partial charge in [-0.25, -0.2) is 4.68 Å². The van der Waals surface area contributed by atoms with Gasteiger partial charge in [0.2, 0.25) is 0 Å². The summed E-state index contributed by atoms with van der Waals surface area (Å²) in [5.74, 6) is -0.0372. The molecule has 2 heterocycles. The Morgan fingerprint density at radius 3 is 2.68 bits per heavy atom. The van der Waals surface area contributed by atoms with Crippen molar-refractivity contribution in [3.8, 4) is 5.69 Å². The molecule has 6 heteroatoms. The summed E-state index contributed by atoms with van der Waals surface area (Å²) >= 11 is 0. The first-order chi connectivity index (χ1) is 10.6. The molecule has 0 aliphatic carbocycles. The standard InChI is InChI=1S/C16H21N5O/c1-11-4-6-14(7-5-11)21-13(3)15(18-19-21)16(22)20-9-8-17-10-12(20)2/h4-7,12,17H,8-10H2,1-3H3/t12-/m0/s1. The van der Waals surface area contributed by atoms with E-state index < -0.39 is 0 Å². The van der Waals surface area contributed by atoms with Crippen LogP contribution in [-0.4, -0.2) is 51.5 Å². The number of hydrogen-bond acceptors (Lipinski definition) is 4. The molecule has 0 bridgehead atoms. The van der Waals surface area contributed by atoms with Crippen LogP contribution in [0.15, 0.2) is 24.3 Å². The van der Waals surface area contributed by atoms with E-state index >= 15 is 0 Å². The largest absolute Gasteiger partial charge is 0.332 e. The van der Waals surface area contributed by atoms with E-state index in [0.717, 1.165) is 24.5 Å². The molecule has 1 saturated heterocycles. The fourth-order valence-electron chi connectivity index (χ4n) is 2.74. The van der Waals surface area contributed by atoms with Gasteiger partial charge < -0.3 is 10.2 Å². The second kappa shape index (κ2) is 5.88. The third-order valence-electron chi connectivity index (χ3n) is 4.14. The second-order valence-electron chi connectivity index (χ2n) is 5.82. The van der Waals surface area contributed by atoms with Crippen LogP contribution in [0, 0.1) is 13.8 Å². The molecule has 3 rings (SSSR count). The highest BCUT2D eigenvalue weighted by molar-refractivity contribution is 5.93. The number of nitrogens with zero attached hydrogens (tertiary/aromatic N) is 4. The number of benzene rings is 1. The van der Waals surface area contributed by atoms with Gasteiger partial charge in [0.1, 0.15) is 0 Å². The van der Waals surface area contributed by atoms with Crippen LogP contribution in [0.1, 0.15) is 28.7 Å². The van der Waals surface area contributed by atoms with Crippen LogP contribution in [0.4, 0.5) is 0 Å². The lowest BCUT2D eigenvalue weighted by Gasteiger charge is -2.33. The van der Waals surface area contributed by atoms with Gasteiger partial charge in [0.15, 0.2) is 5.69 Å².